The number of hydrogen-bond donors (Lipinski definition) is 0. The molecule has 1 fully saturated rings. The van der Waals surface area contributed by atoms with E-state index in [2.05, 4.69) is 20.8 Å². The maximum absolute atomic E-state index is 11.3. The fraction of sp³-hybridized carbons (Fsp3) is 1.00. The standard InChI is InChI=1S/C10H20BrNO2S/c1-2-15(13,14)7-3-5-12-6-4-10(8-11)9-12/h10H,2-9H2,1H3. The van der Waals surface area contributed by atoms with Crippen molar-refractivity contribution in [1.29, 1.82) is 0 Å². The average Bonchev–Trinajstić information content (AvgIpc) is 2.66. The molecule has 3 nitrogen and oxygen atoms in total. The van der Waals surface area contributed by atoms with Crippen LogP contribution in [0.25, 0.3) is 0 Å². The van der Waals surface area contributed by atoms with Crippen molar-refractivity contribution in [3.63, 3.8) is 0 Å². The van der Waals surface area contributed by atoms with Crippen molar-refractivity contribution in [2.24, 2.45) is 5.92 Å². The zero-order valence-corrected chi connectivity index (χ0v) is 11.7. The Hall–Kier alpha value is 0.390. The molecule has 0 aromatic rings. The summed E-state index contributed by atoms with van der Waals surface area (Å²) in [6.45, 7) is 4.90. The Morgan fingerprint density at radius 1 is 1.47 bits per heavy atom. The van der Waals surface area contributed by atoms with Crippen LogP contribution in [0.4, 0.5) is 0 Å². The third-order valence-corrected chi connectivity index (χ3v) is 5.66. The van der Waals surface area contributed by atoms with Crippen molar-refractivity contribution < 1.29 is 8.42 Å². The van der Waals surface area contributed by atoms with Crippen LogP contribution >= 0.6 is 15.9 Å². The highest BCUT2D eigenvalue weighted by Crippen LogP contribution is 2.18. The van der Waals surface area contributed by atoms with E-state index in [4.69, 9.17) is 0 Å². The molecule has 0 N–H and O–H groups in total. The molecule has 1 unspecified atom stereocenters. The van der Waals surface area contributed by atoms with Gasteiger partial charge in [-0.2, -0.15) is 0 Å². The Kier molecular flexibility index (Phi) is 5.57. The second kappa shape index (κ2) is 6.21. The van der Waals surface area contributed by atoms with Gasteiger partial charge in [0.15, 0.2) is 0 Å². The Labute approximate surface area is 101 Å². The Bertz CT molecular complexity index is 279. The Morgan fingerprint density at radius 2 is 2.20 bits per heavy atom. The molecule has 1 saturated heterocycles. The summed E-state index contributed by atoms with van der Waals surface area (Å²) in [6, 6.07) is 0. The quantitative estimate of drug-likeness (QED) is 0.698. The molecule has 5 heteroatoms. The normalized spacial score (nSPS) is 23.5. The maximum atomic E-state index is 11.3. The predicted molar refractivity (Wildman–Crippen MR) is 67.3 cm³/mol. The largest absolute Gasteiger partial charge is 0.303 e. The van der Waals surface area contributed by atoms with Crippen LogP contribution < -0.4 is 0 Å². The van der Waals surface area contributed by atoms with E-state index in [1.807, 2.05) is 0 Å². The molecular weight excluding hydrogens is 278 g/mol. The van der Waals surface area contributed by atoms with Gasteiger partial charge in [-0.1, -0.05) is 22.9 Å². The molecule has 15 heavy (non-hydrogen) atoms. The number of halogens is 1. The predicted octanol–water partition coefficient (Wildman–Crippen LogP) is 1.53. The lowest BCUT2D eigenvalue weighted by molar-refractivity contribution is 0.330. The maximum Gasteiger partial charge on any atom is 0.150 e. The molecule has 0 spiro atoms. The molecule has 0 radical (unpaired) electrons. The molecule has 0 bridgehead atoms. The first-order valence-electron chi connectivity index (χ1n) is 5.56. The lowest BCUT2D eigenvalue weighted by Gasteiger charge is -2.14. The number of hydrogen-bond acceptors (Lipinski definition) is 3. The molecule has 0 aromatic carbocycles. The summed E-state index contributed by atoms with van der Waals surface area (Å²) in [6.07, 6.45) is 2.02. The van der Waals surface area contributed by atoms with Gasteiger partial charge < -0.3 is 4.90 Å². The highest BCUT2D eigenvalue weighted by Gasteiger charge is 2.21. The van der Waals surface area contributed by atoms with Gasteiger partial charge in [-0.05, 0) is 31.8 Å². The molecule has 0 aliphatic carbocycles. The minimum absolute atomic E-state index is 0.275. The van der Waals surface area contributed by atoms with Crippen LogP contribution in [-0.2, 0) is 9.84 Å². The van der Waals surface area contributed by atoms with Crippen LogP contribution in [0.5, 0.6) is 0 Å². The monoisotopic (exact) mass is 297 g/mol. The van der Waals surface area contributed by atoms with Crippen LogP contribution in [0.1, 0.15) is 19.8 Å². The van der Waals surface area contributed by atoms with Gasteiger partial charge in [0.1, 0.15) is 9.84 Å². The molecule has 1 heterocycles. The summed E-state index contributed by atoms with van der Waals surface area (Å²) >= 11 is 3.49. The van der Waals surface area contributed by atoms with Gasteiger partial charge in [0.05, 0.1) is 5.75 Å². The molecular formula is C10H20BrNO2S. The highest BCUT2D eigenvalue weighted by molar-refractivity contribution is 9.09. The van der Waals surface area contributed by atoms with E-state index in [-0.39, 0.29) is 5.75 Å². The molecule has 90 valence electrons. The van der Waals surface area contributed by atoms with Gasteiger partial charge in [-0.3, -0.25) is 0 Å². The van der Waals surface area contributed by atoms with Crippen molar-refractivity contribution in [3.8, 4) is 0 Å². The van der Waals surface area contributed by atoms with E-state index in [0.29, 0.717) is 5.75 Å². The van der Waals surface area contributed by atoms with Crippen LogP contribution in [0.3, 0.4) is 0 Å². The summed E-state index contributed by atoms with van der Waals surface area (Å²) < 4.78 is 22.5. The molecule has 1 atom stereocenters. The van der Waals surface area contributed by atoms with Crippen LogP contribution in [0, 0.1) is 5.92 Å². The van der Waals surface area contributed by atoms with Gasteiger partial charge >= 0.3 is 0 Å². The lowest BCUT2D eigenvalue weighted by Crippen LogP contribution is -2.24. The number of alkyl halides is 1. The van der Waals surface area contributed by atoms with Crippen LogP contribution in [0.2, 0.25) is 0 Å². The summed E-state index contributed by atoms with van der Waals surface area (Å²) in [4.78, 5) is 2.37. The summed E-state index contributed by atoms with van der Waals surface area (Å²) in [5.74, 6) is 1.38. The third kappa shape index (κ3) is 4.83. The minimum atomic E-state index is -2.77. The number of sulfone groups is 1. The van der Waals surface area contributed by atoms with E-state index in [9.17, 15) is 8.42 Å². The summed E-state index contributed by atoms with van der Waals surface area (Å²) in [7, 11) is -2.77. The second-order valence-electron chi connectivity index (χ2n) is 4.20. The fourth-order valence-electron chi connectivity index (χ4n) is 1.89. The molecule has 1 aliphatic rings. The van der Waals surface area contributed by atoms with Crippen molar-refractivity contribution in [1.82, 2.24) is 4.90 Å². The number of rotatable bonds is 6. The average molecular weight is 298 g/mol. The molecule has 0 aromatic heterocycles. The van der Waals surface area contributed by atoms with Gasteiger partial charge in [0.2, 0.25) is 0 Å². The number of likely N-dealkylation sites (tertiary alicyclic amines) is 1. The highest BCUT2D eigenvalue weighted by atomic mass is 79.9. The van der Waals surface area contributed by atoms with E-state index < -0.39 is 9.84 Å². The first-order chi connectivity index (χ1) is 7.07. The third-order valence-electron chi connectivity index (χ3n) is 2.96. The zero-order chi connectivity index (χ0) is 11.3. The Morgan fingerprint density at radius 3 is 2.73 bits per heavy atom. The number of nitrogens with zero attached hydrogens (tertiary/aromatic N) is 1. The van der Waals surface area contributed by atoms with E-state index in [0.717, 1.165) is 37.3 Å². The van der Waals surface area contributed by atoms with E-state index >= 15 is 0 Å². The van der Waals surface area contributed by atoms with E-state index in [1.54, 1.807) is 6.92 Å². The first-order valence-corrected chi connectivity index (χ1v) is 8.50. The molecule has 1 rings (SSSR count). The first kappa shape index (κ1) is 13.5. The van der Waals surface area contributed by atoms with Gasteiger partial charge in [0.25, 0.3) is 0 Å². The SMILES string of the molecule is CCS(=O)(=O)CCCN1CCC(CBr)C1. The van der Waals surface area contributed by atoms with Crippen molar-refractivity contribution in [2.75, 3.05) is 36.5 Å². The van der Waals surface area contributed by atoms with Crippen molar-refractivity contribution in [2.45, 2.75) is 19.8 Å². The lowest BCUT2D eigenvalue weighted by atomic mass is 10.2. The fourth-order valence-corrected chi connectivity index (χ4v) is 3.28. The summed E-state index contributed by atoms with van der Waals surface area (Å²) in [5, 5.41) is 1.07. The molecule has 0 saturated carbocycles. The summed E-state index contributed by atoms with van der Waals surface area (Å²) in [5.41, 5.74) is 0. The van der Waals surface area contributed by atoms with Gasteiger partial charge in [0, 0.05) is 17.6 Å². The topological polar surface area (TPSA) is 37.4 Å². The molecule has 1 aliphatic heterocycles. The second-order valence-corrected chi connectivity index (χ2v) is 7.32. The van der Waals surface area contributed by atoms with Crippen LogP contribution in [-0.4, -0.2) is 49.8 Å². The molecule has 0 amide bonds. The van der Waals surface area contributed by atoms with Gasteiger partial charge in [-0.25, -0.2) is 8.42 Å². The smallest absolute Gasteiger partial charge is 0.150 e. The van der Waals surface area contributed by atoms with Gasteiger partial charge in [-0.15, -0.1) is 0 Å². The van der Waals surface area contributed by atoms with Crippen molar-refractivity contribution in [3.05, 3.63) is 0 Å². The zero-order valence-electron chi connectivity index (χ0n) is 9.28. The van der Waals surface area contributed by atoms with E-state index in [1.165, 1.54) is 6.42 Å². The van der Waals surface area contributed by atoms with Crippen LogP contribution in [0.15, 0.2) is 0 Å². The van der Waals surface area contributed by atoms with Crippen molar-refractivity contribution >= 4 is 25.8 Å². The Balaban J connectivity index is 2.17. The minimum Gasteiger partial charge on any atom is -0.303 e.